The number of carbonyl (C=O) groups is 1. The molecular formula is C15H23NO3. The molecule has 0 bridgehead atoms. The second-order valence-corrected chi connectivity index (χ2v) is 4.74. The van der Waals surface area contributed by atoms with Crippen molar-refractivity contribution in [2.75, 3.05) is 13.7 Å². The molecule has 1 aromatic rings. The standard InChI is InChI=1S/C15H23NO3/c1-4-13(10-17)16-15(18)8-11(2)12-6-5-7-14(9-12)19-3/h5-7,9,11,13,17H,4,8,10H2,1-3H3,(H,16,18)/t11-,13+/m1/s1. The van der Waals surface area contributed by atoms with Crippen LogP contribution in [0.15, 0.2) is 24.3 Å². The van der Waals surface area contributed by atoms with Crippen LogP contribution in [-0.4, -0.2) is 30.8 Å². The summed E-state index contributed by atoms with van der Waals surface area (Å²) in [7, 11) is 1.63. The maximum Gasteiger partial charge on any atom is 0.220 e. The number of amides is 1. The minimum absolute atomic E-state index is 0.0181. The third-order valence-electron chi connectivity index (χ3n) is 3.23. The van der Waals surface area contributed by atoms with Crippen LogP contribution < -0.4 is 10.1 Å². The minimum Gasteiger partial charge on any atom is -0.497 e. The fourth-order valence-corrected chi connectivity index (χ4v) is 1.91. The Morgan fingerprint density at radius 1 is 1.47 bits per heavy atom. The van der Waals surface area contributed by atoms with Gasteiger partial charge in [-0.3, -0.25) is 4.79 Å². The summed E-state index contributed by atoms with van der Waals surface area (Å²) in [6.07, 6.45) is 1.14. The minimum atomic E-state index is -0.148. The largest absolute Gasteiger partial charge is 0.497 e. The number of benzene rings is 1. The summed E-state index contributed by atoms with van der Waals surface area (Å²) in [5, 5.41) is 11.9. The van der Waals surface area contributed by atoms with Crippen LogP contribution in [0.5, 0.6) is 5.75 Å². The third kappa shape index (κ3) is 4.91. The summed E-state index contributed by atoms with van der Waals surface area (Å²) < 4.78 is 5.18. The number of rotatable bonds is 7. The Hall–Kier alpha value is -1.55. The highest BCUT2D eigenvalue weighted by Gasteiger charge is 2.14. The van der Waals surface area contributed by atoms with E-state index < -0.39 is 0 Å². The van der Waals surface area contributed by atoms with Crippen LogP contribution in [0.2, 0.25) is 0 Å². The van der Waals surface area contributed by atoms with Gasteiger partial charge in [-0.15, -0.1) is 0 Å². The zero-order valence-electron chi connectivity index (χ0n) is 11.8. The second-order valence-electron chi connectivity index (χ2n) is 4.74. The number of aliphatic hydroxyl groups is 1. The van der Waals surface area contributed by atoms with Crippen molar-refractivity contribution >= 4 is 5.91 Å². The van der Waals surface area contributed by atoms with Crippen molar-refractivity contribution in [1.82, 2.24) is 5.32 Å². The van der Waals surface area contributed by atoms with Crippen molar-refractivity contribution < 1.29 is 14.6 Å². The van der Waals surface area contributed by atoms with Crippen LogP contribution in [0.25, 0.3) is 0 Å². The van der Waals surface area contributed by atoms with Gasteiger partial charge in [0.1, 0.15) is 5.75 Å². The first kappa shape index (κ1) is 15.5. The lowest BCUT2D eigenvalue weighted by molar-refractivity contribution is -0.122. The highest BCUT2D eigenvalue weighted by molar-refractivity contribution is 5.77. The summed E-state index contributed by atoms with van der Waals surface area (Å²) in [4.78, 5) is 11.9. The average molecular weight is 265 g/mol. The summed E-state index contributed by atoms with van der Waals surface area (Å²) in [5.74, 6) is 0.883. The van der Waals surface area contributed by atoms with Gasteiger partial charge in [0, 0.05) is 6.42 Å². The first-order valence-electron chi connectivity index (χ1n) is 6.64. The molecule has 106 valence electrons. The van der Waals surface area contributed by atoms with Gasteiger partial charge in [0.2, 0.25) is 5.91 Å². The van der Waals surface area contributed by atoms with Gasteiger partial charge in [-0.25, -0.2) is 0 Å². The van der Waals surface area contributed by atoms with Gasteiger partial charge in [0.25, 0.3) is 0 Å². The van der Waals surface area contributed by atoms with Crippen molar-refractivity contribution in [3.05, 3.63) is 29.8 Å². The van der Waals surface area contributed by atoms with Crippen LogP contribution in [0, 0.1) is 0 Å². The van der Waals surface area contributed by atoms with E-state index >= 15 is 0 Å². The van der Waals surface area contributed by atoms with E-state index in [0.29, 0.717) is 6.42 Å². The molecule has 19 heavy (non-hydrogen) atoms. The van der Waals surface area contributed by atoms with E-state index in [0.717, 1.165) is 17.7 Å². The molecule has 0 aromatic heterocycles. The SMILES string of the molecule is CC[C@@H](CO)NC(=O)C[C@@H](C)c1cccc(OC)c1. The lowest BCUT2D eigenvalue weighted by Gasteiger charge is -2.17. The molecule has 4 heteroatoms. The average Bonchev–Trinajstić information content (AvgIpc) is 2.44. The van der Waals surface area contributed by atoms with Gasteiger partial charge < -0.3 is 15.2 Å². The van der Waals surface area contributed by atoms with Crippen molar-refractivity contribution in [3.63, 3.8) is 0 Å². The first-order valence-corrected chi connectivity index (χ1v) is 6.64. The molecule has 2 N–H and O–H groups in total. The van der Waals surface area contributed by atoms with Gasteiger partial charge >= 0.3 is 0 Å². The Kier molecular flexibility index (Phi) is 6.36. The zero-order chi connectivity index (χ0) is 14.3. The molecule has 0 aliphatic heterocycles. The molecule has 0 spiro atoms. The van der Waals surface area contributed by atoms with Gasteiger partial charge in [-0.1, -0.05) is 26.0 Å². The molecule has 0 radical (unpaired) electrons. The number of methoxy groups -OCH3 is 1. The number of hydrogen-bond donors (Lipinski definition) is 2. The number of carbonyl (C=O) groups excluding carboxylic acids is 1. The van der Waals surface area contributed by atoms with Gasteiger partial charge in [-0.2, -0.15) is 0 Å². The highest BCUT2D eigenvalue weighted by Crippen LogP contribution is 2.23. The number of hydrogen-bond acceptors (Lipinski definition) is 3. The van der Waals surface area contributed by atoms with Gasteiger partial charge in [0.05, 0.1) is 19.8 Å². The maximum atomic E-state index is 11.9. The molecule has 0 unspecified atom stereocenters. The Labute approximate surface area is 114 Å². The van der Waals surface area contributed by atoms with Crippen LogP contribution in [0.1, 0.15) is 38.2 Å². The normalized spacial score (nSPS) is 13.7. The van der Waals surface area contributed by atoms with E-state index in [1.165, 1.54) is 0 Å². The van der Waals surface area contributed by atoms with Crippen molar-refractivity contribution in [2.24, 2.45) is 0 Å². The van der Waals surface area contributed by atoms with E-state index in [-0.39, 0.29) is 24.5 Å². The molecule has 2 atom stereocenters. The van der Waals surface area contributed by atoms with E-state index in [1.807, 2.05) is 38.1 Å². The van der Waals surface area contributed by atoms with Crippen molar-refractivity contribution in [3.8, 4) is 5.75 Å². The van der Waals surface area contributed by atoms with E-state index in [1.54, 1.807) is 7.11 Å². The Balaban J connectivity index is 2.58. The molecule has 1 aromatic carbocycles. The molecule has 0 aliphatic rings. The molecule has 0 saturated heterocycles. The van der Waals surface area contributed by atoms with Crippen LogP contribution in [0.4, 0.5) is 0 Å². The van der Waals surface area contributed by atoms with Crippen molar-refractivity contribution in [2.45, 2.75) is 38.6 Å². The van der Waals surface area contributed by atoms with Gasteiger partial charge in [0.15, 0.2) is 0 Å². The highest BCUT2D eigenvalue weighted by atomic mass is 16.5. The topological polar surface area (TPSA) is 58.6 Å². The number of ether oxygens (including phenoxy) is 1. The molecule has 0 aliphatic carbocycles. The molecule has 4 nitrogen and oxygen atoms in total. The Morgan fingerprint density at radius 3 is 2.79 bits per heavy atom. The first-order chi connectivity index (χ1) is 9.10. The molecule has 1 amide bonds. The van der Waals surface area contributed by atoms with Gasteiger partial charge in [-0.05, 0) is 30.0 Å². The molecule has 0 saturated carbocycles. The summed E-state index contributed by atoms with van der Waals surface area (Å²) in [6.45, 7) is 3.93. The Bertz CT molecular complexity index is 402. The lowest BCUT2D eigenvalue weighted by Crippen LogP contribution is -2.37. The molecule has 1 rings (SSSR count). The molecular weight excluding hydrogens is 242 g/mol. The molecule has 0 heterocycles. The number of nitrogens with one attached hydrogen (secondary N) is 1. The zero-order valence-corrected chi connectivity index (χ0v) is 11.8. The fraction of sp³-hybridized carbons (Fsp3) is 0.533. The van der Waals surface area contributed by atoms with Crippen molar-refractivity contribution in [1.29, 1.82) is 0 Å². The van der Waals surface area contributed by atoms with Crippen LogP contribution >= 0.6 is 0 Å². The second kappa shape index (κ2) is 7.79. The summed E-state index contributed by atoms with van der Waals surface area (Å²) in [6, 6.07) is 7.59. The van der Waals surface area contributed by atoms with E-state index in [9.17, 15) is 4.79 Å². The fourth-order valence-electron chi connectivity index (χ4n) is 1.91. The molecule has 0 fully saturated rings. The monoisotopic (exact) mass is 265 g/mol. The smallest absolute Gasteiger partial charge is 0.220 e. The van der Waals surface area contributed by atoms with E-state index in [2.05, 4.69) is 5.32 Å². The lowest BCUT2D eigenvalue weighted by atomic mass is 9.97. The number of aliphatic hydroxyl groups excluding tert-OH is 1. The quantitative estimate of drug-likeness (QED) is 0.793. The third-order valence-corrected chi connectivity index (χ3v) is 3.23. The summed E-state index contributed by atoms with van der Waals surface area (Å²) >= 11 is 0. The van der Waals surface area contributed by atoms with E-state index in [4.69, 9.17) is 9.84 Å². The summed E-state index contributed by atoms with van der Waals surface area (Å²) in [5.41, 5.74) is 1.08. The van der Waals surface area contributed by atoms with Crippen LogP contribution in [-0.2, 0) is 4.79 Å². The van der Waals surface area contributed by atoms with Crippen LogP contribution in [0.3, 0.4) is 0 Å². The maximum absolute atomic E-state index is 11.9. The Morgan fingerprint density at radius 2 is 2.21 bits per heavy atom. The predicted octanol–water partition coefficient (Wildman–Crippen LogP) is 2.08. The predicted molar refractivity (Wildman–Crippen MR) is 75.3 cm³/mol.